The molecular formula is C17H16F3NO4S. The standard InChI is InChI=1S/C17H16F3NO4S/c1-11-9-21(15-7-12(10-22)5-6-16(15)25-11)26(23,24)14-4-2-3-13(8-14)17(18,19)20/h2-8,11,22H,9-10H2,1H3/t11-/m0/s1. The van der Waals surface area contributed by atoms with Gasteiger partial charge in [-0.1, -0.05) is 12.1 Å². The number of nitrogens with zero attached hydrogens (tertiary/aromatic N) is 1. The number of aliphatic hydroxyl groups is 1. The summed E-state index contributed by atoms with van der Waals surface area (Å²) in [6, 6.07) is 8.19. The van der Waals surface area contributed by atoms with Crippen LogP contribution in [0.4, 0.5) is 18.9 Å². The lowest BCUT2D eigenvalue weighted by Crippen LogP contribution is -2.42. The first-order valence-corrected chi connectivity index (χ1v) is 9.17. The van der Waals surface area contributed by atoms with E-state index in [0.29, 0.717) is 11.6 Å². The molecule has 26 heavy (non-hydrogen) atoms. The molecule has 1 N–H and O–H groups in total. The highest BCUT2D eigenvalue weighted by atomic mass is 32.2. The van der Waals surface area contributed by atoms with Crippen LogP contribution < -0.4 is 9.04 Å². The van der Waals surface area contributed by atoms with Crippen LogP contribution in [-0.2, 0) is 22.8 Å². The van der Waals surface area contributed by atoms with E-state index in [9.17, 15) is 26.7 Å². The van der Waals surface area contributed by atoms with E-state index in [1.54, 1.807) is 13.0 Å². The van der Waals surface area contributed by atoms with Gasteiger partial charge in [0.25, 0.3) is 10.0 Å². The molecule has 1 heterocycles. The Labute approximate surface area is 148 Å². The van der Waals surface area contributed by atoms with E-state index in [2.05, 4.69) is 0 Å². The number of ether oxygens (including phenoxy) is 1. The fourth-order valence-corrected chi connectivity index (χ4v) is 4.32. The molecule has 2 aromatic carbocycles. The number of aliphatic hydroxyl groups excluding tert-OH is 1. The van der Waals surface area contributed by atoms with Gasteiger partial charge in [-0.2, -0.15) is 13.2 Å². The lowest BCUT2D eigenvalue weighted by Gasteiger charge is -2.34. The Hall–Kier alpha value is -2.26. The quantitative estimate of drug-likeness (QED) is 0.879. The van der Waals surface area contributed by atoms with Gasteiger partial charge in [0.2, 0.25) is 0 Å². The van der Waals surface area contributed by atoms with Crippen LogP contribution in [0, 0.1) is 0 Å². The summed E-state index contributed by atoms with van der Waals surface area (Å²) in [5.74, 6) is 0.288. The van der Waals surface area contributed by atoms with Crippen molar-refractivity contribution in [3.8, 4) is 5.75 Å². The molecule has 2 aromatic rings. The molecule has 0 unspecified atom stereocenters. The number of fused-ring (bicyclic) bond motifs is 1. The summed E-state index contributed by atoms with van der Waals surface area (Å²) < 4.78 is 71.5. The van der Waals surface area contributed by atoms with Crippen LogP contribution in [0.1, 0.15) is 18.1 Å². The van der Waals surface area contributed by atoms with E-state index in [4.69, 9.17) is 4.74 Å². The van der Waals surface area contributed by atoms with E-state index in [0.717, 1.165) is 22.5 Å². The van der Waals surface area contributed by atoms with Crippen LogP contribution in [0.2, 0.25) is 0 Å². The zero-order chi connectivity index (χ0) is 19.1. The number of benzene rings is 2. The average Bonchev–Trinajstić information content (AvgIpc) is 2.60. The summed E-state index contributed by atoms with van der Waals surface area (Å²) in [7, 11) is -4.24. The largest absolute Gasteiger partial charge is 0.487 e. The molecular weight excluding hydrogens is 371 g/mol. The predicted octanol–water partition coefficient (Wildman–Crippen LogP) is 3.17. The summed E-state index contributed by atoms with van der Waals surface area (Å²) in [4.78, 5) is -0.457. The molecule has 0 aromatic heterocycles. The van der Waals surface area contributed by atoms with E-state index < -0.39 is 32.8 Å². The fourth-order valence-electron chi connectivity index (χ4n) is 2.73. The highest BCUT2D eigenvalue weighted by molar-refractivity contribution is 7.92. The van der Waals surface area contributed by atoms with Gasteiger partial charge in [-0.25, -0.2) is 8.42 Å². The van der Waals surface area contributed by atoms with Crippen LogP contribution in [0.15, 0.2) is 47.4 Å². The van der Waals surface area contributed by atoms with Crippen LogP contribution in [0.25, 0.3) is 0 Å². The van der Waals surface area contributed by atoms with Crippen molar-refractivity contribution in [2.24, 2.45) is 0 Å². The highest BCUT2D eigenvalue weighted by Gasteiger charge is 2.36. The van der Waals surface area contributed by atoms with Gasteiger partial charge in [0.1, 0.15) is 11.9 Å². The summed E-state index contributed by atoms with van der Waals surface area (Å²) in [6.45, 7) is 1.30. The number of alkyl halides is 3. The summed E-state index contributed by atoms with van der Waals surface area (Å²) in [5, 5.41) is 9.29. The van der Waals surface area contributed by atoms with Gasteiger partial charge >= 0.3 is 6.18 Å². The first-order valence-electron chi connectivity index (χ1n) is 7.73. The van der Waals surface area contributed by atoms with Crippen molar-refractivity contribution in [1.82, 2.24) is 0 Å². The topological polar surface area (TPSA) is 66.8 Å². The summed E-state index contributed by atoms with van der Waals surface area (Å²) in [6.07, 6.45) is -5.13. The Bertz CT molecular complexity index is 928. The lowest BCUT2D eigenvalue weighted by atomic mass is 10.1. The third kappa shape index (κ3) is 3.36. The maximum absolute atomic E-state index is 13.0. The minimum atomic E-state index is -4.65. The molecule has 0 fully saturated rings. The van der Waals surface area contributed by atoms with Gasteiger partial charge in [-0.3, -0.25) is 4.31 Å². The summed E-state index contributed by atoms with van der Waals surface area (Å²) in [5.41, 5.74) is -0.387. The highest BCUT2D eigenvalue weighted by Crippen LogP contribution is 2.38. The minimum Gasteiger partial charge on any atom is -0.487 e. The molecule has 5 nitrogen and oxygen atoms in total. The van der Waals surface area contributed by atoms with E-state index in [1.165, 1.54) is 12.1 Å². The first kappa shape index (κ1) is 18.5. The van der Waals surface area contributed by atoms with Crippen LogP contribution in [-0.4, -0.2) is 26.2 Å². The van der Waals surface area contributed by atoms with Crippen LogP contribution >= 0.6 is 0 Å². The maximum Gasteiger partial charge on any atom is 0.416 e. The Morgan fingerprint density at radius 3 is 2.62 bits per heavy atom. The molecule has 0 saturated heterocycles. The summed E-state index contributed by atoms with van der Waals surface area (Å²) >= 11 is 0. The van der Waals surface area contributed by atoms with Gasteiger partial charge in [0, 0.05) is 0 Å². The maximum atomic E-state index is 13.0. The molecule has 140 valence electrons. The average molecular weight is 387 g/mol. The minimum absolute atomic E-state index is 0.0551. The Kier molecular flexibility index (Phi) is 4.61. The van der Waals surface area contributed by atoms with Crippen molar-refractivity contribution in [3.05, 3.63) is 53.6 Å². The van der Waals surface area contributed by atoms with Crippen molar-refractivity contribution >= 4 is 15.7 Å². The van der Waals surface area contributed by atoms with Crippen molar-refractivity contribution in [3.63, 3.8) is 0 Å². The number of halogens is 3. The Balaban J connectivity index is 2.11. The Morgan fingerprint density at radius 1 is 1.23 bits per heavy atom. The zero-order valence-electron chi connectivity index (χ0n) is 13.7. The van der Waals surface area contributed by atoms with Crippen LogP contribution in [0.3, 0.4) is 0 Å². The van der Waals surface area contributed by atoms with E-state index in [1.807, 2.05) is 0 Å². The third-order valence-electron chi connectivity index (χ3n) is 3.98. The molecule has 0 amide bonds. The third-order valence-corrected chi connectivity index (χ3v) is 5.75. The molecule has 0 spiro atoms. The van der Waals surface area contributed by atoms with Gasteiger partial charge in [0.05, 0.1) is 29.3 Å². The molecule has 9 heteroatoms. The number of sulfonamides is 1. The van der Waals surface area contributed by atoms with Gasteiger partial charge in [-0.15, -0.1) is 0 Å². The number of rotatable bonds is 3. The molecule has 1 atom stereocenters. The first-order chi connectivity index (χ1) is 12.1. The zero-order valence-corrected chi connectivity index (χ0v) is 14.5. The predicted molar refractivity (Wildman–Crippen MR) is 88.4 cm³/mol. The van der Waals surface area contributed by atoms with Crippen LogP contribution in [0.5, 0.6) is 5.75 Å². The van der Waals surface area contributed by atoms with Crippen molar-refractivity contribution in [1.29, 1.82) is 0 Å². The normalized spacial score (nSPS) is 17.6. The molecule has 0 bridgehead atoms. The smallest absolute Gasteiger partial charge is 0.416 e. The van der Waals surface area contributed by atoms with Crippen molar-refractivity contribution in [2.45, 2.75) is 30.7 Å². The van der Waals surface area contributed by atoms with Gasteiger partial charge < -0.3 is 9.84 Å². The second kappa shape index (κ2) is 6.48. The van der Waals surface area contributed by atoms with Gasteiger partial charge in [0.15, 0.2) is 0 Å². The second-order valence-electron chi connectivity index (χ2n) is 5.95. The molecule has 0 aliphatic carbocycles. The molecule has 0 saturated carbocycles. The number of anilines is 1. The lowest BCUT2D eigenvalue weighted by molar-refractivity contribution is -0.137. The number of hydrogen-bond donors (Lipinski definition) is 1. The second-order valence-corrected chi connectivity index (χ2v) is 7.81. The fraction of sp³-hybridized carbons (Fsp3) is 0.294. The van der Waals surface area contributed by atoms with Crippen molar-refractivity contribution < 1.29 is 31.4 Å². The molecule has 1 aliphatic rings. The van der Waals surface area contributed by atoms with Crippen molar-refractivity contribution in [2.75, 3.05) is 10.8 Å². The number of hydrogen-bond acceptors (Lipinski definition) is 4. The van der Waals surface area contributed by atoms with Gasteiger partial charge in [-0.05, 0) is 42.8 Å². The SMILES string of the molecule is C[C@H]1CN(S(=O)(=O)c2cccc(C(F)(F)F)c2)c2cc(CO)ccc2O1. The molecule has 0 radical (unpaired) electrons. The van der Waals surface area contributed by atoms with E-state index >= 15 is 0 Å². The van der Waals surface area contributed by atoms with E-state index in [-0.39, 0.29) is 24.6 Å². The molecule has 3 rings (SSSR count). The monoisotopic (exact) mass is 387 g/mol. The molecule has 1 aliphatic heterocycles. The Morgan fingerprint density at radius 2 is 1.96 bits per heavy atom.